The zero-order valence-corrected chi connectivity index (χ0v) is 7.84. The Bertz CT molecular complexity index is 258. The summed E-state index contributed by atoms with van der Waals surface area (Å²) in [6.45, 7) is 3.83. The van der Waals surface area contributed by atoms with Gasteiger partial charge >= 0.3 is 0 Å². The molecule has 0 saturated heterocycles. The fraction of sp³-hybridized carbons (Fsp3) is 0.500. The van der Waals surface area contributed by atoms with Crippen molar-refractivity contribution in [2.45, 2.75) is 19.3 Å². The topological polar surface area (TPSA) is 46.0 Å². The van der Waals surface area contributed by atoms with Gasteiger partial charge in [-0.3, -0.25) is 0 Å². The van der Waals surface area contributed by atoms with E-state index in [9.17, 15) is 0 Å². The molecule has 0 fully saturated rings. The minimum absolute atomic E-state index is 0.0450. The maximum atomic E-state index is 9.02. The molecule has 0 aliphatic heterocycles. The third kappa shape index (κ3) is 1.93. The number of hydrogen-bond donors (Lipinski definition) is 1. The first-order chi connectivity index (χ1) is 5.56. The molecule has 0 saturated carbocycles. The minimum atomic E-state index is -0.350. The van der Waals surface area contributed by atoms with E-state index < -0.39 is 0 Å². The Kier molecular flexibility index (Phi) is 2.65. The first-order valence-corrected chi connectivity index (χ1v) is 4.04. The van der Waals surface area contributed by atoms with E-state index in [2.05, 4.69) is 10.2 Å². The summed E-state index contributed by atoms with van der Waals surface area (Å²) in [5.41, 5.74) is 0.395. The smallest absolute Gasteiger partial charge is 0.151 e. The van der Waals surface area contributed by atoms with Gasteiger partial charge in [-0.15, -0.1) is 5.10 Å². The van der Waals surface area contributed by atoms with E-state index in [1.807, 2.05) is 13.8 Å². The fourth-order valence-electron chi connectivity index (χ4n) is 0.758. The van der Waals surface area contributed by atoms with Gasteiger partial charge in [0, 0.05) is 5.41 Å². The summed E-state index contributed by atoms with van der Waals surface area (Å²) in [6.07, 6.45) is 0. The van der Waals surface area contributed by atoms with Gasteiger partial charge in [0.05, 0.1) is 12.3 Å². The van der Waals surface area contributed by atoms with Gasteiger partial charge in [0.2, 0.25) is 0 Å². The maximum absolute atomic E-state index is 9.02. The van der Waals surface area contributed by atoms with E-state index in [1.54, 1.807) is 12.1 Å². The van der Waals surface area contributed by atoms with Gasteiger partial charge in [0.1, 0.15) is 0 Å². The van der Waals surface area contributed by atoms with Crippen molar-refractivity contribution in [1.29, 1.82) is 0 Å². The normalized spacial score (nSPS) is 11.7. The molecule has 3 nitrogen and oxygen atoms in total. The largest absolute Gasteiger partial charge is 0.395 e. The van der Waals surface area contributed by atoms with E-state index >= 15 is 0 Å². The number of aliphatic hydroxyl groups is 1. The number of hydrogen-bond acceptors (Lipinski definition) is 3. The Morgan fingerprint density at radius 1 is 1.42 bits per heavy atom. The zero-order chi connectivity index (χ0) is 9.19. The van der Waals surface area contributed by atoms with E-state index in [0.29, 0.717) is 5.15 Å². The van der Waals surface area contributed by atoms with Crippen LogP contribution in [-0.2, 0) is 5.41 Å². The summed E-state index contributed by atoms with van der Waals surface area (Å²) in [6, 6.07) is 3.44. The molecular weight excluding hydrogens is 176 g/mol. The van der Waals surface area contributed by atoms with Gasteiger partial charge in [-0.1, -0.05) is 25.4 Å². The maximum Gasteiger partial charge on any atom is 0.151 e. The van der Waals surface area contributed by atoms with Gasteiger partial charge in [-0.25, -0.2) is 0 Å². The molecule has 0 atom stereocenters. The third-order valence-corrected chi connectivity index (χ3v) is 1.92. The number of halogens is 1. The molecule has 0 aromatic carbocycles. The van der Waals surface area contributed by atoms with Crippen LogP contribution in [0.2, 0.25) is 5.15 Å². The van der Waals surface area contributed by atoms with Crippen LogP contribution in [0.4, 0.5) is 0 Å². The summed E-state index contributed by atoms with van der Waals surface area (Å²) in [5.74, 6) is 0. The van der Waals surface area contributed by atoms with Crippen molar-refractivity contribution >= 4 is 11.6 Å². The molecule has 1 aromatic heterocycles. The second-order valence-corrected chi connectivity index (χ2v) is 3.67. The van der Waals surface area contributed by atoms with Crippen LogP contribution >= 0.6 is 11.6 Å². The molecule has 0 bridgehead atoms. The van der Waals surface area contributed by atoms with Crippen molar-refractivity contribution in [3.63, 3.8) is 0 Å². The average molecular weight is 187 g/mol. The fourth-order valence-corrected chi connectivity index (χ4v) is 0.859. The second kappa shape index (κ2) is 3.37. The molecule has 0 amide bonds. The number of rotatable bonds is 2. The quantitative estimate of drug-likeness (QED) is 0.760. The molecule has 0 radical (unpaired) electrons. The van der Waals surface area contributed by atoms with Gasteiger partial charge in [-0.2, -0.15) is 5.10 Å². The Hall–Kier alpha value is -0.670. The van der Waals surface area contributed by atoms with Crippen molar-refractivity contribution in [1.82, 2.24) is 10.2 Å². The third-order valence-electron chi connectivity index (χ3n) is 1.72. The van der Waals surface area contributed by atoms with Crippen molar-refractivity contribution < 1.29 is 5.11 Å². The summed E-state index contributed by atoms with van der Waals surface area (Å²) in [4.78, 5) is 0. The van der Waals surface area contributed by atoms with Crippen molar-refractivity contribution in [3.8, 4) is 0 Å². The summed E-state index contributed by atoms with van der Waals surface area (Å²) in [5, 5.41) is 17.0. The van der Waals surface area contributed by atoms with Crippen LogP contribution in [0, 0.1) is 0 Å². The molecule has 1 rings (SSSR count). The first-order valence-electron chi connectivity index (χ1n) is 3.67. The summed E-state index contributed by atoms with van der Waals surface area (Å²) in [7, 11) is 0. The van der Waals surface area contributed by atoms with Gasteiger partial charge in [-0.05, 0) is 12.1 Å². The number of aromatic nitrogens is 2. The highest BCUT2D eigenvalue weighted by molar-refractivity contribution is 6.29. The highest BCUT2D eigenvalue weighted by atomic mass is 35.5. The lowest BCUT2D eigenvalue weighted by Gasteiger charge is -2.19. The highest BCUT2D eigenvalue weighted by Gasteiger charge is 2.21. The lowest BCUT2D eigenvalue weighted by Crippen LogP contribution is -2.23. The minimum Gasteiger partial charge on any atom is -0.395 e. The molecule has 4 heteroatoms. The van der Waals surface area contributed by atoms with E-state index in [-0.39, 0.29) is 12.0 Å². The molecule has 12 heavy (non-hydrogen) atoms. The molecule has 1 heterocycles. The van der Waals surface area contributed by atoms with Crippen molar-refractivity contribution in [2.75, 3.05) is 6.61 Å². The Morgan fingerprint density at radius 2 is 2.08 bits per heavy atom. The molecule has 0 spiro atoms. The van der Waals surface area contributed by atoms with Crippen molar-refractivity contribution in [2.24, 2.45) is 0 Å². The van der Waals surface area contributed by atoms with Crippen LogP contribution in [0.1, 0.15) is 19.5 Å². The predicted octanol–water partition coefficient (Wildman–Crippen LogP) is 1.40. The molecule has 1 N–H and O–H groups in total. The van der Waals surface area contributed by atoms with Gasteiger partial charge in [0.15, 0.2) is 5.15 Å². The lowest BCUT2D eigenvalue weighted by molar-refractivity contribution is 0.214. The molecular formula is C8H11ClN2O. The standard InChI is InChI=1S/C8H11ClN2O/c1-8(2,5-12)6-3-4-7(9)11-10-6/h3-4,12H,5H2,1-2H3. The second-order valence-electron chi connectivity index (χ2n) is 3.28. The molecule has 66 valence electrons. The SMILES string of the molecule is CC(C)(CO)c1ccc(Cl)nn1. The van der Waals surface area contributed by atoms with Crippen LogP contribution in [0.3, 0.4) is 0 Å². The molecule has 1 aromatic rings. The number of aliphatic hydroxyl groups excluding tert-OH is 1. The van der Waals surface area contributed by atoms with Crippen molar-refractivity contribution in [3.05, 3.63) is 23.0 Å². The average Bonchev–Trinajstić information content (AvgIpc) is 2.05. The Morgan fingerprint density at radius 3 is 2.50 bits per heavy atom. The van der Waals surface area contributed by atoms with Crippen LogP contribution in [0.5, 0.6) is 0 Å². The van der Waals surface area contributed by atoms with Crippen LogP contribution < -0.4 is 0 Å². The monoisotopic (exact) mass is 186 g/mol. The van der Waals surface area contributed by atoms with E-state index in [1.165, 1.54) is 0 Å². The molecule has 0 unspecified atom stereocenters. The summed E-state index contributed by atoms with van der Waals surface area (Å²) < 4.78 is 0. The number of nitrogens with zero attached hydrogens (tertiary/aromatic N) is 2. The lowest BCUT2D eigenvalue weighted by atomic mass is 9.90. The predicted molar refractivity (Wildman–Crippen MR) is 47.2 cm³/mol. The first kappa shape index (κ1) is 9.42. The summed E-state index contributed by atoms with van der Waals surface area (Å²) >= 11 is 5.57. The van der Waals surface area contributed by atoms with Crippen LogP contribution in [0.15, 0.2) is 12.1 Å². The Labute approximate surface area is 76.4 Å². The molecule has 0 aliphatic carbocycles. The van der Waals surface area contributed by atoms with E-state index in [0.717, 1.165) is 5.69 Å². The van der Waals surface area contributed by atoms with E-state index in [4.69, 9.17) is 16.7 Å². The zero-order valence-electron chi connectivity index (χ0n) is 7.08. The van der Waals surface area contributed by atoms with Crippen LogP contribution in [-0.4, -0.2) is 21.9 Å². The highest BCUT2D eigenvalue weighted by Crippen LogP contribution is 2.19. The van der Waals surface area contributed by atoms with Crippen LogP contribution in [0.25, 0.3) is 0 Å². The van der Waals surface area contributed by atoms with Gasteiger partial charge in [0.25, 0.3) is 0 Å². The Balaban J connectivity index is 2.96. The van der Waals surface area contributed by atoms with Gasteiger partial charge < -0.3 is 5.11 Å². The molecule has 0 aliphatic rings.